The van der Waals surface area contributed by atoms with Crippen LogP contribution in [0.2, 0.25) is 0 Å². The first-order chi connectivity index (χ1) is 9.42. The minimum absolute atomic E-state index is 0.0348. The van der Waals surface area contributed by atoms with E-state index in [1.165, 1.54) is 4.90 Å². The second-order valence-electron chi connectivity index (χ2n) is 6.38. The monoisotopic (exact) mass is 309 g/mol. The second-order valence-corrected chi connectivity index (χ2v) is 6.38. The number of azo groups is 1. The Morgan fingerprint density at radius 3 is 2.52 bits per heavy atom. The maximum absolute atomic E-state index is 12.8. The van der Waals surface area contributed by atoms with Gasteiger partial charge in [0, 0.05) is 12.5 Å². The van der Waals surface area contributed by atoms with E-state index >= 15 is 0 Å². The fourth-order valence-corrected chi connectivity index (χ4v) is 2.54. The molecule has 1 N–H and O–H groups in total. The Morgan fingerprint density at radius 2 is 2.00 bits per heavy atom. The number of rotatable bonds is 0. The molecule has 2 aliphatic rings. The molecule has 6 nitrogen and oxygen atoms in total. The summed E-state index contributed by atoms with van der Waals surface area (Å²) in [7, 11) is 0. The number of nitrogens with zero attached hydrogens (tertiary/aromatic N) is 3. The molecule has 0 saturated carbocycles. The van der Waals surface area contributed by atoms with Gasteiger partial charge >= 0.3 is 12.3 Å². The smallest absolute Gasteiger partial charge is 0.413 e. The Labute approximate surface area is 120 Å². The van der Waals surface area contributed by atoms with E-state index in [9.17, 15) is 23.1 Å². The number of piperidine rings is 1. The molecule has 2 heterocycles. The molecule has 3 unspecified atom stereocenters. The molecule has 0 aliphatic carbocycles. The summed E-state index contributed by atoms with van der Waals surface area (Å²) in [4.78, 5) is 13.1. The summed E-state index contributed by atoms with van der Waals surface area (Å²) in [5.41, 5.74) is -2.71. The molecule has 120 valence electrons. The summed E-state index contributed by atoms with van der Waals surface area (Å²) in [6.45, 7) is 4.77. The van der Waals surface area contributed by atoms with Gasteiger partial charge in [-0.05, 0) is 27.2 Å². The molecule has 9 heteroatoms. The van der Waals surface area contributed by atoms with Gasteiger partial charge in [-0.25, -0.2) is 4.79 Å². The van der Waals surface area contributed by atoms with Crippen LogP contribution < -0.4 is 0 Å². The van der Waals surface area contributed by atoms with Gasteiger partial charge in [0.15, 0.2) is 11.8 Å². The van der Waals surface area contributed by atoms with Crippen LogP contribution in [-0.2, 0) is 4.74 Å². The number of alkyl halides is 3. The SMILES string of the molecule is CC(C)(C)OC(=O)N1CCC2C(C(F)(F)F)N=NC2(O)C1. The van der Waals surface area contributed by atoms with Crippen molar-refractivity contribution in [2.24, 2.45) is 16.1 Å². The van der Waals surface area contributed by atoms with Crippen LogP contribution in [0, 0.1) is 5.92 Å². The van der Waals surface area contributed by atoms with Gasteiger partial charge in [0.1, 0.15) is 5.60 Å². The van der Waals surface area contributed by atoms with Gasteiger partial charge in [-0.2, -0.15) is 23.4 Å². The lowest BCUT2D eigenvalue weighted by atomic mass is 9.84. The maximum Gasteiger partial charge on any atom is 0.413 e. The van der Waals surface area contributed by atoms with Crippen molar-refractivity contribution < 1.29 is 27.8 Å². The van der Waals surface area contributed by atoms with Crippen molar-refractivity contribution in [2.45, 2.75) is 50.7 Å². The molecule has 2 rings (SSSR count). The average Bonchev–Trinajstić information content (AvgIpc) is 2.62. The fourth-order valence-electron chi connectivity index (χ4n) is 2.54. The van der Waals surface area contributed by atoms with E-state index in [4.69, 9.17) is 4.74 Å². The van der Waals surface area contributed by atoms with Crippen molar-refractivity contribution in [3.05, 3.63) is 0 Å². The Bertz CT molecular complexity index is 461. The van der Waals surface area contributed by atoms with Crippen molar-refractivity contribution >= 4 is 6.09 Å². The first kappa shape index (κ1) is 16.0. The number of carbonyl (C=O) groups excluding carboxylic acids is 1. The summed E-state index contributed by atoms with van der Waals surface area (Å²) in [6, 6.07) is -2.01. The van der Waals surface area contributed by atoms with Gasteiger partial charge in [-0.1, -0.05) is 0 Å². The highest BCUT2D eigenvalue weighted by Gasteiger charge is 2.59. The van der Waals surface area contributed by atoms with Gasteiger partial charge in [0.25, 0.3) is 0 Å². The molecule has 0 aromatic heterocycles. The number of carbonyl (C=O) groups is 1. The molecule has 0 aromatic rings. The minimum Gasteiger partial charge on any atom is -0.444 e. The van der Waals surface area contributed by atoms with Crippen molar-refractivity contribution in [1.29, 1.82) is 0 Å². The van der Waals surface area contributed by atoms with Gasteiger partial charge < -0.3 is 14.7 Å². The number of β-amino-alcohol motifs (C(OH)–C–C–N with tert-alkyl or cyclic N) is 1. The summed E-state index contributed by atoms with van der Waals surface area (Å²) in [5, 5.41) is 16.8. The summed E-state index contributed by atoms with van der Waals surface area (Å²) in [5.74, 6) is -1.16. The topological polar surface area (TPSA) is 74.5 Å². The van der Waals surface area contributed by atoms with Crippen molar-refractivity contribution in [3.8, 4) is 0 Å². The van der Waals surface area contributed by atoms with E-state index < -0.39 is 35.6 Å². The minimum atomic E-state index is -4.55. The summed E-state index contributed by atoms with van der Waals surface area (Å²) in [6.07, 6.45) is -5.26. The van der Waals surface area contributed by atoms with Crippen molar-refractivity contribution in [3.63, 3.8) is 0 Å². The Hall–Kier alpha value is -1.38. The second kappa shape index (κ2) is 4.82. The zero-order valence-corrected chi connectivity index (χ0v) is 12.0. The van der Waals surface area contributed by atoms with Gasteiger partial charge in [0.05, 0.1) is 6.54 Å². The third-order valence-electron chi connectivity index (χ3n) is 3.45. The third kappa shape index (κ3) is 3.28. The predicted molar refractivity (Wildman–Crippen MR) is 65.6 cm³/mol. The maximum atomic E-state index is 12.8. The van der Waals surface area contributed by atoms with Gasteiger partial charge in [-0.3, -0.25) is 0 Å². The standard InChI is InChI=1S/C12H18F3N3O3/c1-10(2,3)21-9(19)18-5-4-7-8(12(13,14)15)16-17-11(7,20)6-18/h7-8,20H,4-6H2,1-3H3. The van der Waals surface area contributed by atoms with Crippen LogP contribution in [-0.4, -0.2) is 52.7 Å². The van der Waals surface area contributed by atoms with E-state index in [1.807, 2.05) is 0 Å². The molecular weight excluding hydrogens is 291 g/mol. The fraction of sp³-hybridized carbons (Fsp3) is 0.917. The Kier molecular flexibility index (Phi) is 3.67. The highest BCUT2D eigenvalue weighted by Crippen LogP contribution is 2.44. The highest BCUT2D eigenvalue weighted by atomic mass is 19.4. The van der Waals surface area contributed by atoms with E-state index in [0.29, 0.717) is 0 Å². The predicted octanol–water partition coefficient (Wildman–Crippen LogP) is 2.33. The molecule has 1 saturated heterocycles. The lowest BCUT2D eigenvalue weighted by Gasteiger charge is -2.40. The molecule has 2 aliphatic heterocycles. The molecule has 0 bridgehead atoms. The molecule has 3 atom stereocenters. The first-order valence-electron chi connectivity index (χ1n) is 6.61. The number of ether oxygens (including phenoxy) is 1. The highest BCUT2D eigenvalue weighted by molar-refractivity contribution is 5.68. The summed E-state index contributed by atoms with van der Waals surface area (Å²) < 4.78 is 43.6. The number of aliphatic hydroxyl groups is 1. The molecule has 1 fully saturated rings. The van der Waals surface area contributed by atoms with Gasteiger partial charge in [-0.15, -0.1) is 0 Å². The lowest BCUT2D eigenvalue weighted by molar-refractivity contribution is -0.174. The quantitative estimate of drug-likeness (QED) is 0.746. The zero-order chi connectivity index (χ0) is 16.1. The summed E-state index contributed by atoms with van der Waals surface area (Å²) >= 11 is 0. The number of fused-ring (bicyclic) bond motifs is 1. The van der Waals surface area contributed by atoms with E-state index in [1.54, 1.807) is 20.8 Å². The molecule has 0 spiro atoms. The van der Waals surface area contributed by atoms with Gasteiger partial charge in [0.2, 0.25) is 0 Å². The Morgan fingerprint density at radius 1 is 1.38 bits per heavy atom. The van der Waals surface area contributed by atoms with Crippen LogP contribution in [0.3, 0.4) is 0 Å². The third-order valence-corrected chi connectivity index (χ3v) is 3.45. The van der Waals surface area contributed by atoms with E-state index in [-0.39, 0.29) is 19.5 Å². The number of likely N-dealkylation sites (tertiary alicyclic amines) is 1. The van der Waals surface area contributed by atoms with Crippen molar-refractivity contribution in [1.82, 2.24) is 4.90 Å². The van der Waals surface area contributed by atoms with Crippen LogP contribution in [0.4, 0.5) is 18.0 Å². The number of halogens is 3. The van der Waals surface area contributed by atoms with E-state index in [0.717, 1.165) is 0 Å². The number of amides is 1. The van der Waals surface area contributed by atoms with Crippen molar-refractivity contribution in [2.75, 3.05) is 13.1 Å². The lowest BCUT2D eigenvalue weighted by Crippen LogP contribution is -2.57. The van der Waals surface area contributed by atoms with Crippen LogP contribution in [0.25, 0.3) is 0 Å². The molecule has 0 aromatic carbocycles. The molecule has 21 heavy (non-hydrogen) atoms. The average molecular weight is 309 g/mol. The largest absolute Gasteiger partial charge is 0.444 e. The van der Waals surface area contributed by atoms with Crippen LogP contribution >= 0.6 is 0 Å². The van der Waals surface area contributed by atoms with Crippen LogP contribution in [0.5, 0.6) is 0 Å². The number of hydrogen-bond acceptors (Lipinski definition) is 5. The molecule has 1 amide bonds. The van der Waals surface area contributed by atoms with Crippen LogP contribution in [0.15, 0.2) is 10.2 Å². The first-order valence-corrected chi connectivity index (χ1v) is 6.61. The number of hydrogen-bond donors (Lipinski definition) is 1. The van der Waals surface area contributed by atoms with E-state index in [2.05, 4.69) is 10.2 Å². The molecular formula is C12H18F3N3O3. The zero-order valence-electron chi connectivity index (χ0n) is 12.0. The molecule has 0 radical (unpaired) electrons. The Balaban J connectivity index is 2.08. The van der Waals surface area contributed by atoms with Crippen LogP contribution in [0.1, 0.15) is 27.2 Å². The normalized spacial score (nSPS) is 33.0.